The molecule has 1 aromatic carbocycles. The quantitative estimate of drug-likeness (QED) is 0.699. The Balaban J connectivity index is 3.34. The summed E-state index contributed by atoms with van der Waals surface area (Å²) in [4.78, 5) is 21.4. The first-order valence-electron chi connectivity index (χ1n) is 4.30. The molecule has 0 aromatic heterocycles. The number of aromatic hydroxyl groups is 1. The number of rotatable bonds is 4. The van der Waals surface area contributed by atoms with Gasteiger partial charge in [-0.3, -0.25) is 4.79 Å². The number of carboxylic acids is 2. The molecule has 0 aliphatic heterocycles. The van der Waals surface area contributed by atoms with Crippen LogP contribution >= 0.6 is 0 Å². The van der Waals surface area contributed by atoms with Crippen LogP contribution in [0.1, 0.15) is 15.9 Å². The van der Waals surface area contributed by atoms with E-state index in [1.807, 2.05) is 0 Å². The van der Waals surface area contributed by atoms with Crippen LogP contribution in [0.2, 0.25) is 0 Å². The summed E-state index contributed by atoms with van der Waals surface area (Å²) in [5.74, 6) is -2.87. The van der Waals surface area contributed by atoms with E-state index < -0.39 is 29.7 Å². The maximum Gasteiger partial charge on any atom is 0.339 e. The molecule has 0 radical (unpaired) electrons. The molecule has 0 saturated carbocycles. The molecule has 0 unspecified atom stereocenters. The molecule has 6 nitrogen and oxygen atoms in total. The molecule has 0 bridgehead atoms. The highest BCUT2D eigenvalue weighted by Gasteiger charge is 2.19. The van der Waals surface area contributed by atoms with Gasteiger partial charge in [0.1, 0.15) is 17.1 Å². The molecule has 0 fully saturated rings. The van der Waals surface area contributed by atoms with Crippen molar-refractivity contribution in [1.82, 2.24) is 0 Å². The second kappa shape index (κ2) is 4.52. The number of carboxylic acid groups (broad SMARTS) is 2. The van der Waals surface area contributed by atoms with Gasteiger partial charge in [0.25, 0.3) is 0 Å². The molecular weight excluding hydrogens is 216 g/mol. The van der Waals surface area contributed by atoms with Crippen molar-refractivity contribution in [1.29, 1.82) is 0 Å². The molecule has 0 aliphatic rings. The van der Waals surface area contributed by atoms with Gasteiger partial charge in [0.05, 0.1) is 13.5 Å². The topological polar surface area (TPSA) is 104 Å². The molecule has 6 heteroatoms. The molecule has 0 atom stereocenters. The van der Waals surface area contributed by atoms with E-state index in [0.29, 0.717) is 0 Å². The Morgan fingerprint density at radius 1 is 1.31 bits per heavy atom. The van der Waals surface area contributed by atoms with Crippen molar-refractivity contribution < 1.29 is 29.6 Å². The number of carbonyl (C=O) groups is 2. The summed E-state index contributed by atoms with van der Waals surface area (Å²) >= 11 is 0. The lowest BCUT2D eigenvalue weighted by molar-refractivity contribution is -0.136. The number of methoxy groups -OCH3 is 1. The maximum atomic E-state index is 10.8. The van der Waals surface area contributed by atoms with Gasteiger partial charge < -0.3 is 20.1 Å². The molecule has 3 N–H and O–H groups in total. The Hall–Kier alpha value is -2.24. The zero-order chi connectivity index (χ0) is 12.3. The number of phenols is 1. The Morgan fingerprint density at radius 3 is 2.38 bits per heavy atom. The smallest absolute Gasteiger partial charge is 0.339 e. The van der Waals surface area contributed by atoms with Gasteiger partial charge in [-0.15, -0.1) is 0 Å². The van der Waals surface area contributed by atoms with Crippen molar-refractivity contribution in [2.75, 3.05) is 7.11 Å². The van der Waals surface area contributed by atoms with E-state index in [2.05, 4.69) is 0 Å². The van der Waals surface area contributed by atoms with Crippen LogP contribution in [-0.2, 0) is 11.2 Å². The second-order valence-corrected chi connectivity index (χ2v) is 3.06. The fourth-order valence-electron chi connectivity index (χ4n) is 1.32. The Morgan fingerprint density at radius 2 is 1.94 bits per heavy atom. The minimum absolute atomic E-state index is 0.00292. The van der Waals surface area contributed by atoms with Crippen LogP contribution in [-0.4, -0.2) is 34.4 Å². The molecule has 1 rings (SSSR count). The first kappa shape index (κ1) is 11.8. The summed E-state index contributed by atoms with van der Waals surface area (Å²) in [6.07, 6.45) is -0.494. The predicted molar refractivity (Wildman–Crippen MR) is 53.0 cm³/mol. The van der Waals surface area contributed by atoms with Crippen LogP contribution in [0.25, 0.3) is 0 Å². The SMILES string of the molecule is COc1cc(O)c(C(=O)O)c(CC(=O)O)c1. The van der Waals surface area contributed by atoms with Crippen molar-refractivity contribution in [3.63, 3.8) is 0 Å². The first-order valence-corrected chi connectivity index (χ1v) is 4.30. The van der Waals surface area contributed by atoms with Gasteiger partial charge in [-0.25, -0.2) is 4.79 Å². The van der Waals surface area contributed by atoms with Crippen LogP contribution in [0.5, 0.6) is 11.5 Å². The lowest BCUT2D eigenvalue weighted by Crippen LogP contribution is -2.08. The maximum absolute atomic E-state index is 10.8. The highest BCUT2D eigenvalue weighted by molar-refractivity contribution is 5.94. The van der Waals surface area contributed by atoms with Gasteiger partial charge in [-0.05, 0) is 11.6 Å². The molecule has 16 heavy (non-hydrogen) atoms. The third kappa shape index (κ3) is 2.41. The second-order valence-electron chi connectivity index (χ2n) is 3.06. The van der Waals surface area contributed by atoms with E-state index in [1.54, 1.807) is 0 Å². The number of benzene rings is 1. The molecule has 0 saturated heterocycles. The predicted octanol–water partition coefficient (Wildman–Crippen LogP) is 0.726. The Labute approximate surface area is 90.7 Å². The van der Waals surface area contributed by atoms with E-state index in [4.69, 9.17) is 14.9 Å². The van der Waals surface area contributed by atoms with Gasteiger partial charge in [0, 0.05) is 6.07 Å². The summed E-state index contributed by atoms with van der Waals surface area (Å²) in [6.45, 7) is 0. The zero-order valence-electron chi connectivity index (χ0n) is 8.43. The highest BCUT2D eigenvalue weighted by atomic mass is 16.5. The van der Waals surface area contributed by atoms with Crippen molar-refractivity contribution in [3.8, 4) is 11.5 Å². The van der Waals surface area contributed by atoms with Crippen molar-refractivity contribution in [2.24, 2.45) is 0 Å². The van der Waals surface area contributed by atoms with Gasteiger partial charge in [0.2, 0.25) is 0 Å². The fourth-order valence-corrected chi connectivity index (χ4v) is 1.32. The standard InChI is InChI=1S/C10H10O6/c1-16-6-2-5(3-8(12)13)9(10(14)15)7(11)4-6/h2,4,11H,3H2,1H3,(H,12,13)(H,14,15). The summed E-state index contributed by atoms with van der Waals surface area (Å²) in [5.41, 5.74) is -0.417. The minimum Gasteiger partial charge on any atom is -0.507 e. The van der Waals surface area contributed by atoms with Crippen LogP contribution in [0, 0.1) is 0 Å². The lowest BCUT2D eigenvalue weighted by Gasteiger charge is -2.08. The largest absolute Gasteiger partial charge is 0.507 e. The normalized spacial score (nSPS) is 9.81. The summed E-state index contributed by atoms with van der Waals surface area (Å²) in [7, 11) is 1.33. The van der Waals surface area contributed by atoms with E-state index >= 15 is 0 Å². The molecule has 0 heterocycles. The van der Waals surface area contributed by atoms with E-state index in [0.717, 1.165) is 6.07 Å². The number of ether oxygens (including phenoxy) is 1. The van der Waals surface area contributed by atoms with Crippen LogP contribution in [0.15, 0.2) is 12.1 Å². The average Bonchev–Trinajstić information content (AvgIpc) is 2.14. The molecule has 0 spiro atoms. The van der Waals surface area contributed by atoms with E-state index in [9.17, 15) is 14.7 Å². The number of aromatic carboxylic acids is 1. The molecule has 86 valence electrons. The first-order chi connectivity index (χ1) is 7.45. The molecule has 1 aromatic rings. The zero-order valence-corrected chi connectivity index (χ0v) is 8.43. The summed E-state index contributed by atoms with van der Waals surface area (Å²) < 4.78 is 4.81. The van der Waals surface area contributed by atoms with Crippen LogP contribution < -0.4 is 4.74 Å². The van der Waals surface area contributed by atoms with Gasteiger partial charge in [-0.2, -0.15) is 0 Å². The number of hydrogen-bond acceptors (Lipinski definition) is 4. The summed E-state index contributed by atoms with van der Waals surface area (Å²) in [5, 5.41) is 26.9. The van der Waals surface area contributed by atoms with Crippen molar-refractivity contribution >= 4 is 11.9 Å². The third-order valence-corrected chi connectivity index (χ3v) is 1.96. The van der Waals surface area contributed by atoms with Crippen molar-refractivity contribution in [2.45, 2.75) is 6.42 Å². The minimum atomic E-state index is -1.38. The Bertz CT molecular complexity index is 437. The number of hydrogen-bond donors (Lipinski definition) is 3. The number of aliphatic carboxylic acids is 1. The van der Waals surface area contributed by atoms with Crippen LogP contribution in [0.4, 0.5) is 0 Å². The molecule has 0 aliphatic carbocycles. The van der Waals surface area contributed by atoms with E-state index in [-0.39, 0.29) is 11.3 Å². The van der Waals surface area contributed by atoms with Crippen molar-refractivity contribution in [3.05, 3.63) is 23.3 Å². The summed E-state index contributed by atoms with van der Waals surface area (Å²) in [6, 6.07) is 2.39. The monoisotopic (exact) mass is 226 g/mol. The Kier molecular flexibility index (Phi) is 3.34. The van der Waals surface area contributed by atoms with Gasteiger partial charge in [-0.1, -0.05) is 0 Å². The average molecular weight is 226 g/mol. The lowest BCUT2D eigenvalue weighted by atomic mass is 10.0. The third-order valence-electron chi connectivity index (χ3n) is 1.96. The van der Waals surface area contributed by atoms with Gasteiger partial charge >= 0.3 is 11.9 Å². The van der Waals surface area contributed by atoms with E-state index in [1.165, 1.54) is 13.2 Å². The fraction of sp³-hybridized carbons (Fsp3) is 0.200. The molecule has 0 amide bonds. The highest BCUT2D eigenvalue weighted by Crippen LogP contribution is 2.28. The van der Waals surface area contributed by atoms with Crippen LogP contribution in [0.3, 0.4) is 0 Å². The molecular formula is C10H10O6. The van der Waals surface area contributed by atoms with Gasteiger partial charge in [0.15, 0.2) is 0 Å².